The fourth-order valence-corrected chi connectivity index (χ4v) is 1.74. The molecule has 18 heavy (non-hydrogen) atoms. The first-order valence-electron chi connectivity index (χ1n) is 6.54. The van der Waals surface area contributed by atoms with E-state index in [9.17, 15) is 0 Å². The second-order valence-corrected chi connectivity index (χ2v) is 5.78. The summed E-state index contributed by atoms with van der Waals surface area (Å²) in [4.78, 5) is 0. The molecule has 1 aromatic carbocycles. The number of anilines is 1. The van der Waals surface area contributed by atoms with Crippen LogP contribution in [0, 0.1) is 0 Å². The molecular weight excluding hydrogens is 224 g/mol. The van der Waals surface area contributed by atoms with Crippen molar-refractivity contribution in [3.63, 3.8) is 0 Å². The van der Waals surface area contributed by atoms with Gasteiger partial charge in [0.05, 0.1) is 12.8 Å². The summed E-state index contributed by atoms with van der Waals surface area (Å²) in [7, 11) is 1.70. The van der Waals surface area contributed by atoms with Gasteiger partial charge in [0, 0.05) is 12.1 Å². The van der Waals surface area contributed by atoms with Crippen LogP contribution < -0.4 is 15.8 Å². The first-order valence-corrected chi connectivity index (χ1v) is 6.54. The van der Waals surface area contributed by atoms with Crippen LogP contribution in [-0.2, 0) is 0 Å². The number of hydrogen-bond donors (Lipinski definition) is 2. The second-order valence-electron chi connectivity index (χ2n) is 5.78. The molecule has 1 rings (SSSR count). The minimum atomic E-state index is -0.143. The molecule has 0 spiro atoms. The number of methoxy groups -OCH3 is 1. The first kappa shape index (κ1) is 14.8. The maximum Gasteiger partial charge on any atom is 0.141 e. The quantitative estimate of drug-likeness (QED) is 0.814. The van der Waals surface area contributed by atoms with Gasteiger partial charge < -0.3 is 15.8 Å². The van der Waals surface area contributed by atoms with Gasteiger partial charge in [0.15, 0.2) is 0 Å². The molecule has 102 valence electrons. The molecule has 0 radical (unpaired) electrons. The molecule has 3 heteroatoms. The molecule has 0 atom stereocenters. The summed E-state index contributed by atoms with van der Waals surface area (Å²) in [5.41, 5.74) is 8.19. The summed E-state index contributed by atoms with van der Waals surface area (Å²) in [5.74, 6) is 1.40. The molecule has 3 N–H and O–H groups in total. The van der Waals surface area contributed by atoms with Crippen LogP contribution in [0.15, 0.2) is 18.2 Å². The molecule has 3 nitrogen and oxygen atoms in total. The molecule has 0 unspecified atom stereocenters. The zero-order chi connectivity index (χ0) is 13.8. The Hall–Kier alpha value is -1.22. The van der Waals surface area contributed by atoms with E-state index in [-0.39, 0.29) is 5.54 Å². The van der Waals surface area contributed by atoms with Crippen molar-refractivity contribution in [3.8, 4) is 5.75 Å². The van der Waals surface area contributed by atoms with Gasteiger partial charge in [-0.15, -0.1) is 0 Å². The van der Waals surface area contributed by atoms with E-state index in [4.69, 9.17) is 10.5 Å². The van der Waals surface area contributed by atoms with Crippen LogP contribution in [0.4, 0.5) is 5.69 Å². The minimum Gasteiger partial charge on any atom is -0.495 e. The van der Waals surface area contributed by atoms with Gasteiger partial charge in [-0.2, -0.15) is 0 Å². The van der Waals surface area contributed by atoms with E-state index in [1.165, 1.54) is 5.56 Å². The van der Waals surface area contributed by atoms with E-state index in [0.29, 0.717) is 5.92 Å². The normalized spacial score (nSPS) is 11.7. The lowest BCUT2D eigenvalue weighted by atomic mass is 10.0. The van der Waals surface area contributed by atoms with Crippen molar-refractivity contribution in [2.75, 3.05) is 19.0 Å². The van der Waals surface area contributed by atoms with Crippen molar-refractivity contribution in [2.24, 2.45) is 5.73 Å². The highest BCUT2D eigenvalue weighted by Crippen LogP contribution is 2.28. The highest BCUT2D eigenvalue weighted by atomic mass is 16.5. The molecule has 0 saturated heterocycles. The van der Waals surface area contributed by atoms with E-state index in [2.05, 4.69) is 31.3 Å². The van der Waals surface area contributed by atoms with E-state index in [1.54, 1.807) is 7.11 Å². The predicted octanol–water partition coefficient (Wildman–Crippen LogP) is 3.36. The lowest BCUT2D eigenvalue weighted by molar-refractivity contribution is 0.415. The number of benzene rings is 1. The molecule has 0 aliphatic heterocycles. The smallest absolute Gasteiger partial charge is 0.141 e. The third kappa shape index (κ3) is 4.57. The van der Waals surface area contributed by atoms with Crippen molar-refractivity contribution < 1.29 is 4.74 Å². The van der Waals surface area contributed by atoms with E-state index < -0.39 is 0 Å². The number of nitrogens with two attached hydrogens (primary N) is 1. The Morgan fingerprint density at radius 3 is 2.50 bits per heavy atom. The van der Waals surface area contributed by atoms with Gasteiger partial charge in [-0.25, -0.2) is 0 Å². The van der Waals surface area contributed by atoms with Crippen molar-refractivity contribution in [1.82, 2.24) is 0 Å². The SMILES string of the molecule is COc1ccc(C(C)C)cc1NCCC(C)(C)N. The zero-order valence-corrected chi connectivity index (χ0v) is 12.2. The van der Waals surface area contributed by atoms with E-state index in [0.717, 1.165) is 24.4 Å². The summed E-state index contributed by atoms with van der Waals surface area (Å²) in [6, 6.07) is 6.29. The molecule has 1 aromatic rings. The zero-order valence-electron chi connectivity index (χ0n) is 12.2. The molecule has 0 aliphatic rings. The lowest BCUT2D eigenvalue weighted by Gasteiger charge is -2.20. The van der Waals surface area contributed by atoms with Gasteiger partial charge in [0.2, 0.25) is 0 Å². The monoisotopic (exact) mass is 250 g/mol. The molecule has 0 bridgehead atoms. The Morgan fingerprint density at radius 1 is 1.33 bits per heavy atom. The maximum atomic E-state index is 5.98. The van der Waals surface area contributed by atoms with Crippen molar-refractivity contribution >= 4 is 5.69 Å². The van der Waals surface area contributed by atoms with Gasteiger partial charge in [-0.1, -0.05) is 19.9 Å². The van der Waals surface area contributed by atoms with Crippen LogP contribution in [0.2, 0.25) is 0 Å². The van der Waals surface area contributed by atoms with Crippen LogP contribution in [0.1, 0.15) is 45.6 Å². The average molecular weight is 250 g/mol. The van der Waals surface area contributed by atoms with Crippen LogP contribution in [0.3, 0.4) is 0 Å². The first-order chi connectivity index (χ1) is 8.33. The molecule has 0 saturated carbocycles. The fraction of sp³-hybridized carbons (Fsp3) is 0.600. The standard InChI is InChI=1S/C15H26N2O/c1-11(2)12-6-7-14(18-5)13(10-12)17-9-8-15(3,4)16/h6-7,10-11,17H,8-9,16H2,1-5H3. The Balaban J connectivity index is 2.75. The third-order valence-corrected chi connectivity index (χ3v) is 2.97. The van der Waals surface area contributed by atoms with Gasteiger partial charge >= 0.3 is 0 Å². The molecular formula is C15H26N2O. The second kappa shape index (κ2) is 6.10. The van der Waals surface area contributed by atoms with Crippen LogP contribution >= 0.6 is 0 Å². The van der Waals surface area contributed by atoms with Crippen LogP contribution in [-0.4, -0.2) is 19.2 Å². The topological polar surface area (TPSA) is 47.3 Å². The van der Waals surface area contributed by atoms with Gasteiger partial charge in [0.25, 0.3) is 0 Å². The number of hydrogen-bond acceptors (Lipinski definition) is 3. The Kier molecular flexibility index (Phi) is 5.03. The molecule has 0 aliphatic carbocycles. The average Bonchev–Trinajstić information content (AvgIpc) is 2.27. The largest absolute Gasteiger partial charge is 0.495 e. The van der Waals surface area contributed by atoms with Crippen molar-refractivity contribution in [3.05, 3.63) is 23.8 Å². The third-order valence-electron chi connectivity index (χ3n) is 2.97. The summed E-state index contributed by atoms with van der Waals surface area (Å²) >= 11 is 0. The summed E-state index contributed by atoms with van der Waals surface area (Å²) in [6.45, 7) is 9.30. The number of nitrogens with one attached hydrogen (secondary N) is 1. The Labute approximate surface area is 111 Å². The minimum absolute atomic E-state index is 0.143. The summed E-state index contributed by atoms with van der Waals surface area (Å²) < 4.78 is 5.37. The van der Waals surface area contributed by atoms with Crippen LogP contribution in [0.25, 0.3) is 0 Å². The molecule has 0 heterocycles. The van der Waals surface area contributed by atoms with Crippen molar-refractivity contribution in [1.29, 1.82) is 0 Å². The van der Waals surface area contributed by atoms with Gasteiger partial charge in [-0.05, 0) is 43.9 Å². The highest BCUT2D eigenvalue weighted by Gasteiger charge is 2.11. The predicted molar refractivity (Wildman–Crippen MR) is 78.5 cm³/mol. The fourth-order valence-electron chi connectivity index (χ4n) is 1.74. The Morgan fingerprint density at radius 2 is 2.00 bits per heavy atom. The Bertz CT molecular complexity index is 381. The molecule has 0 aromatic heterocycles. The van der Waals surface area contributed by atoms with Gasteiger partial charge in [-0.3, -0.25) is 0 Å². The summed E-state index contributed by atoms with van der Waals surface area (Å²) in [6.07, 6.45) is 0.919. The van der Waals surface area contributed by atoms with E-state index >= 15 is 0 Å². The van der Waals surface area contributed by atoms with E-state index in [1.807, 2.05) is 19.9 Å². The molecule has 0 fully saturated rings. The molecule has 0 amide bonds. The van der Waals surface area contributed by atoms with Gasteiger partial charge in [0.1, 0.15) is 5.75 Å². The number of rotatable bonds is 6. The summed E-state index contributed by atoms with van der Waals surface area (Å²) in [5, 5.41) is 3.41. The number of ether oxygens (including phenoxy) is 1. The maximum absolute atomic E-state index is 5.98. The van der Waals surface area contributed by atoms with Crippen molar-refractivity contribution in [2.45, 2.75) is 45.6 Å². The highest BCUT2D eigenvalue weighted by molar-refractivity contribution is 5.58. The van der Waals surface area contributed by atoms with Crippen LogP contribution in [0.5, 0.6) is 5.75 Å². The lowest BCUT2D eigenvalue weighted by Crippen LogP contribution is -2.34.